The van der Waals surface area contributed by atoms with Crippen molar-refractivity contribution in [2.45, 2.75) is 0 Å². The van der Waals surface area contributed by atoms with Gasteiger partial charge in [0.15, 0.2) is 5.82 Å². The first-order chi connectivity index (χ1) is 11.7. The minimum atomic E-state index is 0.595. The molecule has 24 heavy (non-hydrogen) atoms. The Kier molecular flexibility index (Phi) is 4.02. The second kappa shape index (κ2) is 6.32. The Morgan fingerprint density at radius 2 is 2.00 bits per heavy atom. The average Bonchev–Trinajstić information content (AvgIpc) is 3.15. The zero-order valence-electron chi connectivity index (χ0n) is 12.1. The molecule has 8 heteroatoms. The summed E-state index contributed by atoms with van der Waals surface area (Å²) in [4.78, 5) is 4.82. The monoisotopic (exact) mass is 373 g/mol. The maximum Gasteiger partial charge on any atom is 0.235 e. The van der Waals surface area contributed by atoms with Crippen molar-refractivity contribution in [2.24, 2.45) is 0 Å². The van der Waals surface area contributed by atoms with E-state index in [0.29, 0.717) is 15.9 Å². The Labute approximate surface area is 151 Å². The summed E-state index contributed by atoms with van der Waals surface area (Å²) in [5.41, 5.74) is 1.74. The third kappa shape index (κ3) is 2.91. The third-order valence-electron chi connectivity index (χ3n) is 3.29. The minimum absolute atomic E-state index is 0.595. The van der Waals surface area contributed by atoms with Crippen molar-refractivity contribution in [3.63, 3.8) is 0 Å². The molecular formula is C16H9Cl2N5S. The lowest BCUT2D eigenvalue weighted by Crippen LogP contribution is -1.91. The van der Waals surface area contributed by atoms with E-state index in [0.717, 1.165) is 21.1 Å². The molecule has 0 saturated heterocycles. The molecule has 0 aliphatic heterocycles. The average molecular weight is 374 g/mol. The van der Waals surface area contributed by atoms with Crippen LogP contribution in [0.5, 0.6) is 0 Å². The van der Waals surface area contributed by atoms with Gasteiger partial charge in [0.05, 0.1) is 0 Å². The Bertz CT molecular complexity index is 1040. The standard InChI is InChI=1S/C16H9Cl2N5S/c17-12-5-3-10(13(18)8-12)4-6-14-22-23-15(20-21-16(23)24-14)11-2-1-7-19-9-11/h1-9H. The van der Waals surface area contributed by atoms with Crippen LogP contribution in [-0.4, -0.2) is 24.8 Å². The van der Waals surface area contributed by atoms with Gasteiger partial charge >= 0.3 is 0 Å². The number of rotatable bonds is 3. The number of halogens is 2. The lowest BCUT2D eigenvalue weighted by atomic mass is 10.2. The van der Waals surface area contributed by atoms with E-state index in [9.17, 15) is 0 Å². The molecule has 4 aromatic rings. The van der Waals surface area contributed by atoms with Crippen LogP contribution in [0.3, 0.4) is 0 Å². The van der Waals surface area contributed by atoms with Gasteiger partial charge in [-0.2, -0.15) is 9.61 Å². The van der Waals surface area contributed by atoms with Gasteiger partial charge in [0, 0.05) is 28.0 Å². The summed E-state index contributed by atoms with van der Waals surface area (Å²) in [6.07, 6.45) is 7.24. The number of aromatic nitrogens is 5. The Hall–Kier alpha value is -2.28. The van der Waals surface area contributed by atoms with Gasteiger partial charge in [0.1, 0.15) is 5.01 Å². The van der Waals surface area contributed by atoms with E-state index in [1.807, 2.05) is 30.4 Å². The highest BCUT2D eigenvalue weighted by molar-refractivity contribution is 7.17. The minimum Gasteiger partial charge on any atom is -0.264 e. The predicted molar refractivity (Wildman–Crippen MR) is 97.3 cm³/mol. The predicted octanol–water partition coefficient (Wildman–Crippen LogP) is 4.73. The first-order valence-electron chi connectivity index (χ1n) is 6.96. The molecule has 118 valence electrons. The number of hydrogen-bond donors (Lipinski definition) is 0. The normalized spacial score (nSPS) is 11.6. The lowest BCUT2D eigenvalue weighted by Gasteiger charge is -1.97. The zero-order valence-corrected chi connectivity index (χ0v) is 14.4. The molecule has 0 N–H and O–H groups in total. The van der Waals surface area contributed by atoms with Crippen LogP contribution in [0.4, 0.5) is 0 Å². The highest BCUT2D eigenvalue weighted by Gasteiger charge is 2.12. The van der Waals surface area contributed by atoms with Gasteiger partial charge in [-0.3, -0.25) is 4.98 Å². The largest absolute Gasteiger partial charge is 0.264 e. The van der Waals surface area contributed by atoms with Crippen molar-refractivity contribution in [2.75, 3.05) is 0 Å². The van der Waals surface area contributed by atoms with Crippen LogP contribution in [0.25, 0.3) is 28.5 Å². The van der Waals surface area contributed by atoms with Crippen molar-refractivity contribution in [3.05, 3.63) is 63.3 Å². The molecule has 0 atom stereocenters. The van der Waals surface area contributed by atoms with Crippen LogP contribution < -0.4 is 0 Å². The molecule has 5 nitrogen and oxygen atoms in total. The van der Waals surface area contributed by atoms with Crippen molar-refractivity contribution in [1.82, 2.24) is 24.8 Å². The smallest absolute Gasteiger partial charge is 0.235 e. The molecule has 1 aromatic carbocycles. The van der Waals surface area contributed by atoms with Gasteiger partial charge in [-0.25, -0.2) is 0 Å². The zero-order chi connectivity index (χ0) is 16.5. The van der Waals surface area contributed by atoms with Crippen LogP contribution in [0.15, 0.2) is 42.7 Å². The molecule has 0 bridgehead atoms. The number of nitrogens with zero attached hydrogens (tertiary/aromatic N) is 5. The molecule has 0 aliphatic rings. The number of benzene rings is 1. The molecule has 0 aliphatic carbocycles. The molecule has 0 saturated carbocycles. The van der Waals surface area contributed by atoms with E-state index in [4.69, 9.17) is 23.2 Å². The highest BCUT2D eigenvalue weighted by Crippen LogP contribution is 2.25. The van der Waals surface area contributed by atoms with Crippen LogP contribution >= 0.6 is 34.5 Å². The van der Waals surface area contributed by atoms with Gasteiger partial charge in [-0.15, -0.1) is 10.2 Å². The Morgan fingerprint density at radius 1 is 1.08 bits per heavy atom. The molecule has 3 aromatic heterocycles. The van der Waals surface area contributed by atoms with Gasteiger partial charge in [0.25, 0.3) is 0 Å². The molecular weight excluding hydrogens is 365 g/mol. The first-order valence-corrected chi connectivity index (χ1v) is 8.54. The summed E-state index contributed by atoms with van der Waals surface area (Å²) in [6, 6.07) is 9.15. The fourth-order valence-electron chi connectivity index (χ4n) is 2.17. The van der Waals surface area contributed by atoms with E-state index in [1.165, 1.54) is 11.3 Å². The van der Waals surface area contributed by atoms with E-state index in [1.54, 1.807) is 29.0 Å². The van der Waals surface area contributed by atoms with E-state index in [-0.39, 0.29) is 0 Å². The molecule has 0 amide bonds. The van der Waals surface area contributed by atoms with Gasteiger partial charge in [-0.1, -0.05) is 46.7 Å². The molecule has 3 heterocycles. The summed E-state index contributed by atoms with van der Waals surface area (Å²) in [7, 11) is 0. The molecule has 4 rings (SSSR count). The SMILES string of the molecule is Clc1ccc(C=Cc2nn3c(-c4cccnc4)nnc3s2)c(Cl)c1. The Morgan fingerprint density at radius 3 is 2.79 bits per heavy atom. The molecule has 0 fully saturated rings. The number of pyridine rings is 1. The van der Waals surface area contributed by atoms with Crippen LogP contribution in [0, 0.1) is 0 Å². The van der Waals surface area contributed by atoms with Crippen LogP contribution in [-0.2, 0) is 0 Å². The van der Waals surface area contributed by atoms with E-state index in [2.05, 4.69) is 20.3 Å². The summed E-state index contributed by atoms with van der Waals surface area (Å²) < 4.78 is 1.71. The van der Waals surface area contributed by atoms with Crippen molar-refractivity contribution in [3.8, 4) is 11.4 Å². The fraction of sp³-hybridized carbons (Fsp3) is 0. The maximum absolute atomic E-state index is 6.17. The van der Waals surface area contributed by atoms with Gasteiger partial charge in [-0.05, 0) is 35.9 Å². The first kappa shape index (κ1) is 15.3. The lowest BCUT2D eigenvalue weighted by molar-refractivity contribution is 0.958. The van der Waals surface area contributed by atoms with Crippen molar-refractivity contribution >= 4 is 51.7 Å². The summed E-state index contributed by atoms with van der Waals surface area (Å²) in [5.74, 6) is 0.665. The number of fused-ring (bicyclic) bond motifs is 1. The van der Waals surface area contributed by atoms with E-state index < -0.39 is 0 Å². The second-order valence-corrected chi connectivity index (χ2v) is 6.73. The summed E-state index contributed by atoms with van der Waals surface area (Å²) >= 11 is 13.5. The Balaban J connectivity index is 1.69. The van der Waals surface area contributed by atoms with Crippen molar-refractivity contribution in [1.29, 1.82) is 0 Å². The van der Waals surface area contributed by atoms with E-state index >= 15 is 0 Å². The topological polar surface area (TPSA) is 56.0 Å². The second-order valence-electron chi connectivity index (χ2n) is 4.90. The van der Waals surface area contributed by atoms with Gasteiger partial charge in [0.2, 0.25) is 4.96 Å². The molecule has 0 radical (unpaired) electrons. The maximum atomic E-state index is 6.17. The highest BCUT2D eigenvalue weighted by atomic mass is 35.5. The summed E-state index contributed by atoms with van der Waals surface area (Å²) in [6.45, 7) is 0. The van der Waals surface area contributed by atoms with Crippen LogP contribution in [0.2, 0.25) is 10.0 Å². The quantitative estimate of drug-likeness (QED) is 0.521. The summed E-state index contributed by atoms with van der Waals surface area (Å²) in [5, 5.41) is 14.9. The molecule has 0 spiro atoms. The van der Waals surface area contributed by atoms with Crippen LogP contribution in [0.1, 0.15) is 10.6 Å². The van der Waals surface area contributed by atoms with Gasteiger partial charge < -0.3 is 0 Å². The third-order valence-corrected chi connectivity index (χ3v) is 4.72. The fourth-order valence-corrected chi connectivity index (χ4v) is 3.38. The van der Waals surface area contributed by atoms with Crippen molar-refractivity contribution < 1.29 is 0 Å². The number of hydrogen-bond acceptors (Lipinski definition) is 5. The molecule has 0 unspecified atom stereocenters.